The first-order valence-corrected chi connectivity index (χ1v) is 6.54. The van der Waals surface area contributed by atoms with Crippen LogP contribution in [0, 0.1) is 21.4 Å². The second kappa shape index (κ2) is 6.73. The summed E-state index contributed by atoms with van der Waals surface area (Å²) in [5, 5.41) is 20.0. The summed E-state index contributed by atoms with van der Waals surface area (Å²) in [6.45, 7) is 0.260. The number of benzene rings is 2. The van der Waals surface area contributed by atoms with Gasteiger partial charge in [0.05, 0.1) is 28.2 Å². The highest BCUT2D eigenvalue weighted by atomic mass is 35.5. The van der Waals surface area contributed by atoms with Gasteiger partial charge in [0.1, 0.15) is 5.75 Å². The fraction of sp³-hybridized carbons (Fsp3) is 0.133. The molecule has 0 aliphatic heterocycles. The van der Waals surface area contributed by atoms with Crippen molar-refractivity contribution >= 4 is 17.3 Å². The van der Waals surface area contributed by atoms with Gasteiger partial charge in [0.2, 0.25) is 0 Å². The minimum Gasteiger partial charge on any atom is -0.492 e. The first-order chi connectivity index (χ1) is 10.1. The molecule has 5 nitrogen and oxygen atoms in total. The van der Waals surface area contributed by atoms with E-state index < -0.39 is 4.92 Å². The highest BCUT2D eigenvalue weighted by Crippen LogP contribution is 2.26. The second-order valence-electron chi connectivity index (χ2n) is 4.24. The van der Waals surface area contributed by atoms with Gasteiger partial charge in [-0.3, -0.25) is 10.1 Å². The molecule has 0 bridgehead atoms. The smallest absolute Gasteiger partial charge is 0.272 e. The van der Waals surface area contributed by atoms with Crippen LogP contribution in [0.15, 0.2) is 42.5 Å². The molecule has 2 rings (SSSR count). The summed E-state index contributed by atoms with van der Waals surface area (Å²) >= 11 is 5.99. The molecule has 0 unspecified atom stereocenters. The molecule has 21 heavy (non-hydrogen) atoms. The van der Waals surface area contributed by atoms with Gasteiger partial charge in [-0.25, -0.2) is 0 Å². The monoisotopic (exact) mass is 302 g/mol. The SMILES string of the molecule is N#Cc1ccc(OCCc2ccccc2[N+](=O)[O-])c(Cl)c1. The number of nitrogens with zero attached hydrogens (tertiary/aromatic N) is 2. The number of hydrogen-bond donors (Lipinski definition) is 0. The predicted octanol–water partition coefficient (Wildman–Crippen LogP) is 3.74. The first kappa shape index (κ1) is 14.8. The molecular weight excluding hydrogens is 292 g/mol. The van der Waals surface area contributed by atoms with Gasteiger partial charge >= 0.3 is 0 Å². The zero-order valence-electron chi connectivity index (χ0n) is 11.0. The lowest BCUT2D eigenvalue weighted by Crippen LogP contribution is -2.04. The van der Waals surface area contributed by atoms with Crippen molar-refractivity contribution in [2.45, 2.75) is 6.42 Å². The summed E-state index contributed by atoms with van der Waals surface area (Å²) in [6.07, 6.45) is 0.396. The average molecular weight is 303 g/mol. The van der Waals surface area contributed by atoms with Crippen molar-refractivity contribution in [1.82, 2.24) is 0 Å². The molecule has 0 fully saturated rings. The molecule has 106 valence electrons. The fourth-order valence-electron chi connectivity index (χ4n) is 1.86. The van der Waals surface area contributed by atoms with Crippen LogP contribution in [0.25, 0.3) is 0 Å². The van der Waals surface area contributed by atoms with E-state index in [0.29, 0.717) is 28.3 Å². The van der Waals surface area contributed by atoms with Crippen LogP contribution in [0.1, 0.15) is 11.1 Å². The molecule has 2 aromatic carbocycles. The van der Waals surface area contributed by atoms with Crippen LogP contribution in [-0.4, -0.2) is 11.5 Å². The van der Waals surface area contributed by atoms with Gasteiger partial charge in [0.25, 0.3) is 5.69 Å². The quantitative estimate of drug-likeness (QED) is 0.622. The molecule has 0 N–H and O–H groups in total. The average Bonchev–Trinajstić information content (AvgIpc) is 2.49. The Kier molecular flexibility index (Phi) is 4.75. The lowest BCUT2D eigenvalue weighted by molar-refractivity contribution is -0.385. The molecule has 0 heterocycles. The van der Waals surface area contributed by atoms with Gasteiger partial charge in [-0.15, -0.1) is 0 Å². The molecule has 0 saturated carbocycles. The van der Waals surface area contributed by atoms with E-state index >= 15 is 0 Å². The molecule has 6 heteroatoms. The molecule has 2 aromatic rings. The van der Waals surface area contributed by atoms with Crippen molar-refractivity contribution in [2.24, 2.45) is 0 Å². The van der Waals surface area contributed by atoms with E-state index in [1.165, 1.54) is 12.1 Å². The van der Waals surface area contributed by atoms with E-state index in [1.807, 2.05) is 6.07 Å². The molecule has 0 aliphatic rings. The maximum atomic E-state index is 10.9. The Morgan fingerprint density at radius 3 is 2.71 bits per heavy atom. The highest BCUT2D eigenvalue weighted by Gasteiger charge is 2.12. The lowest BCUT2D eigenvalue weighted by atomic mass is 10.1. The minimum absolute atomic E-state index is 0.0759. The summed E-state index contributed by atoms with van der Waals surface area (Å²) in [5.74, 6) is 0.453. The lowest BCUT2D eigenvalue weighted by Gasteiger charge is -2.08. The van der Waals surface area contributed by atoms with E-state index in [-0.39, 0.29) is 12.3 Å². The largest absolute Gasteiger partial charge is 0.492 e. The van der Waals surface area contributed by atoms with Crippen LogP contribution in [0.5, 0.6) is 5.75 Å². The molecular formula is C15H11ClN2O3. The van der Waals surface area contributed by atoms with Crippen molar-refractivity contribution in [2.75, 3.05) is 6.61 Å². The van der Waals surface area contributed by atoms with Gasteiger partial charge in [0.15, 0.2) is 0 Å². The number of para-hydroxylation sites is 1. The summed E-state index contributed by atoms with van der Waals surface area (Å²) < 4.78 is 5.51. The van der Waals surface area contributed by atoms with E-state index in [1.54, 1.807) is 30.3 Å². The molecule has 0 aliphatic carbocycles. The van der Waals surface area contributed by atoms with Gasteiger partial charge in [0, 0.05) is 18.1 Å². The third kappa shape index (κ3) is 3.71. The summed E-state index contributed by atoms with van der Waals surface area (Å²) in [7, 11) is 0. The Morgan fingerprint density at radius 2 is 2.05 bits per heavy atom. The molecule has 0 spiro atoms. The number of nitro groups is 1. The zero-order valence-corrected chi connectivity index (χ0v) is 11.7. The maximum Gasteiger partial charge on any atom is 0.272 e. The Bertz CT molecular complexity index is 710. The number of nitriles is 1. The minimum atomic E-state index is -0.413. The van der Waals surface area contributed by atoms with E-state index in [4.69, 9.17) is 21.6 Å². The van der Waals surface area contributed by atoms with Crippen molar-refractivity contribution in [1.29, 1.82) is 5.26 Å². The first-order valence-electron chi connectivity index (χ1n) is 6.16. The van der Waals surface area contributed by atoms with Crippen LogP contribution in [-0.2, 0) is 6.42 Å². The Labute approximate surface area is 126 Å². The zero-order chi connectivity index (χ0) is 15.2. The molecule has 0 saturated heterocycles. The summed E-state index contributed by atoms with van der Waals surface area (Å²) in [5.41, 5.74) is 1.13. The van der Waals surface area contributed by atoms with Crippen LogP contribution < -0.4 is 4.74 Å². The van der Waals surface area contributed by atoms with Crippen LogP contribution in [0.4, 0.5) is 5.69 Å². The van der Waals surface area contributed by atoms with Crippen LogP contribution in [0.2, 0.25) is 5.02 Å². The number of nitro benzene ring substituents is 1. The second-order valence-corrected chi connectivity index (χ2v) is 4.65. The predicted molar refractivity (Wildman–Crippen MR) is 78.5 cm³/mol. The highest BCUT2D eigenvalue weighted by molar-refractivity contribution is 6.32. The van der Waals surface area contributed by atoms with Gasteiger partial charge in [-0.05, 0) is 18.2 Å². The van der Waals surface area contributed by atoms with Gasteiger partial charge < -0.3 is 4.74 Å². The number of ether oxygens (including phenoxy) is 1. The van der Waals surface area contributed by atoms with Crippen molar-refractivity contribution < 1.29 is 9.66 Å². The number of rotatable bonds is 5. The van der Waals surface area contributed by atoms with Gasteiger partial charge in [-0.1, -0.05) is 29.8 Å². The molecule has 0 atom stereocenters. The van der Waals surface area contributed by atoms with E-state index in [2.05, 4.69) is 0 Å². The molecule has 0 radical (unpaired) electrons. The summed E-state index contributed by atoms with van der Waals surface area (Å²) in [6, 6.07) is 13.2. The van der Waals surface area contributed by atoms with Crippen molar-refractivity contribution in [3.8, 4) is 11.8 Å². The Balaban J connectivity index is 2.02. The van der Waals surface area contributed by atoms with Crippen molar-refractivity contribution in [3.05, 3.63) is 68.7 Å². The van der Waals surface area contributed by atoms with E-state index in [0.717, 1.165) is 0 Å². The third-order valence-corrected chi connectivity index (χ3v) is 3.17. The Morgan fingerprint density at radius 1 is 1.29 bits per heavy atom. The standard InChI is InChI=1S/C15H11ClN2O3/c16-13-9-11(10-17)5-6-15(13)21-8-7-12-3-1-2-4-14(12)18(19)20/h1-6,9H,7-8H2. The maximum absolute atomic E-state index is 10.9. The molecule has 0 amide bonds. The number of halogens is 1. The Hall–Kier alpha value is -2.58. The van der Waals surface area contributed by atoms with Gasteiger partial charge in [-0.2, -0.15) is 5.26 Å². The van der Waals surface area contributed by atoms with Crippen LogP contribution >= 0.6 is 11.6 Å². The topological polar surface area (TPSA) is 76.2 Å². The van der Waals surface area contributed by atoms with Crippen molar-refractivity contribution in [3.63, 3.8) is 0 Å². The fourth-order valence-corrected chi connectivity index (χ4v) is 2.09. The normalized spacial score (nSPS) is 9.90. The molecule has 0 aromatic heterocycles. The van der Waals surface area contributed by atoms with Crippen LogP contribution in [0.3, 0.4) is 0 Å². The third-order valence-electron chi connectivity index (χ3n) is 2.88. The number of hydrogen-bond acceptors (Lipinski definition) is 4. The summed E-state index contributed by atoms with van der Waals surface area (Å²) in [4.78, 5) is 10.5. The van der Waals surface area contributed by atoms with E-state index in [9.17, 15) is 10.1 Å².